The molecule has 0 saturated carbocycles. The SMILES string of the molecule is Cc1cc(CC(=O)c2cccc(F)c2)n(C)n1. The lowest BCUT2D eigenvalue weighted by Crippen LogP contribution is -2.08. The fourth-order valence-corrected chi connectivity index (χ4v) is 1.76. The molecule has 0 amide bonds. The van der Waals surface area contributed by atoms with Crippen molar-refractivity contribution in [3.63, 3.8) is 0 Å². The molecule has 0 bridgehead atoms. The molecule has 17 heavy (non-hydrogen) atoms. The highest BCUT2D eigenvalue weighted by Crippen LogP contribution is 2.10. The minimum atomic E-state index is -0.392. The maximum Gasteiger partial charge on any atom is 0.168 e. The number of aryl methyl sites for hydroxylation is 2. The van der Waals surface area contributed by atoms with Crippen LogP contribution in [0.2, 0.25) is 0 Å². The fraction of sp³-hybridized carbons (Fsp3) is 0.231. The van der Waals surface area contributed by atoms with Crippen molar-refractivity contribution in [3.05, 3.63) is 53.1 Å². The zero-order valence-electron chi connectivity index (χ0n) is 9.77. The number of benzene rings is 1. The van der Waals surface area contributed by atoms with Gasteiger partial charge in [0.1, 0.15) is 5.82 Å². The van der Waals surface area contributed by atoms with Crippen molar-refractivity contribution >= 4 is 5.78 Å². The van der Waals surface area contributed by atoms with Crippen LogP contribution in [0, 0.1) is 12.7 Å². The molecule has 2 aromatic rings. The lowest BCUT2D eigenvalue weighted by Gasteiger charge is -2.01. The van der Waals surface area contributed by atoms with Crippen LogP contribution in [0.25, 0.3) is 0 Å². The standard InChI is InChI=1S/C13H13FN2O/c1-9-6-12(16(2)15-9)8-13(17)10-4-3-5-11(14)7-10/h3-7H,8H2,1-2H3. The largest absolute Gasteiger partial charge is 0.294 e. The molecule has 1 aromatic carbocycles. The molecule has 0 saturated heterocycles. The third kappa shape index (κ3) is 2.58. The third-order valence-electron chi connectivity index (χ3n) is 2.59. The van der Waals surface area contributed by atoms with Crippen molar-refractivity contribution < 1.29 is 9.18 Å². The molecule has 3 nitrogen and oxygen atoms in total. The van der Waals surface area contributed by atoms with E-state index in [1.165, 1.54) is 18.2 Å². The highest BCUT2D eigenvalue weighted by molar-refractivity contribution is 5.97. The summed E-state index contributed by atoms with van der Waals surface area (Å²) >= 11 is 0. The molecule has 1 aromatic heterocycles. The Morgan fingerprint density at radius 3 is 2.76 bits per heavy atom. The summed E-state index contributed by atoms with van der Waals surface area (Å²) in [6, 6.07) is 7.60. The van der Waals surface area contributed by atoms with Gasteiger partial charge in [-0.15, -0.1) is 0 Å². The molecule has 0 radical (unpaired) electrons. The van der Waals surface area contributed by atoms with Crippen molar-refractivity contribution in [1.82, 2.24) is 9.78 Å². The number of Topliss-reactive ketones (excluding diaryl/α,β-unsaturated/α-hetero) is 1. The number of nitrogens with zero attached hydrogens (tertiary/aromatic N) is 2. The number of ketones is 1. The van der Waals surface area contributed by atoms with Crippen molar-refractivity contribution in [2.24, 2.45) is 7.05 Å². The minimum Gasteiger partial charge on any atom is -0.294 e. The average molecular weight is 232 g/mol. The van der Waals surface area contributed by atoms with E-state index in [4.69, 9.17) is 0 Å². The molecule has 2 rings (SSSR count). The summed E-state index contributed by atoms with van der Waals surface area (Å²) in [5, 5.41) is 4.17. The van der Waals surface area contributed by atoms with Crippen LogP contribution >= 0.6 is 0 Å². The third-order valence-corrected chi connectivity index (χ3v) is 2.59. The number of rotatable bonds is 3. The number of carbonyl (C=O) groups is 1. The molecule has 0 aliphatic heterocycles. The molecule has 0 N–H and O–H groups in total. The molecule has 0 unspecified atom stereocenters. The minimum absolute atomic E-state index is 0.104. The van der Waals surface area contributed by atoms with Gasteiger partial charge in [-0.25, -0.2) is 4.39 Å². The number of aromatic nitrogens is 2. The van der Waals surface area contributed by atoms with Gasteiger partial charge in [0.05, 0.1) is 12.1 Å². The predicted octanol–water partition coefficient (Wildman–Crippen LogP) is 2.29. The molecule has 0 aliphatic rings. The quantitative estimate of drug-likeness (QED) is 0.761. The summed E-state index contributed by atoms with van der Waals surface area (Å²) in [6.45, 7) is 1.87. The molecular formula is C13H13FN2O. The van der Waals surface area contributed by atoms with Crippen LogP contribution in [-0.4, -0.2) is 15.6 Å². The van der Waals surface area contributed by atoms with Gasteiger partial charge in [0, 0.05) is 18.3 Å². The number of halogens is 1. The van der Waals surface area contributed by atoms with Gasteiger partial charge in [-0.2, -0.15) is 5.10 Å². The predicted molar refractivity (Wildman–Crippen MR) is 62.4 cm³/mol. The molecule has 4 heteroatoms. The van der Waals surface area contributed by atoms with Crippen LogP contribution in [0.5, 0.6) is 0 Å². The molecule has 88 valence electrons. The van der Waals surface area contributed by atoms with Gasteiger partial charge in [0.15, 0.2) is 5.78 Å². The fourth-order valence-electron chi connectivity index (χ4n) is 1.76. The Balaban J connectivity index is 2.20. The van der Waals surface area contributed by atoms with Crippen LogP contribution < -0.4 is 0 Å². The summed E-state index contributed by atoms with van der Waals surface area (Å²) in [7, 11) is 1.79. The van der Waals surface area contributed by atoms with Gasteiger partial charge in [-0.3, -0.25) is 9.48 Å². The van der Waals surface area contributed by atoms with Crippen LogP contribution in [0.15, 0.2) is 30.3 Å². The Morgan fingerprint density at radius 1 is 1.41 bits per heavy atom. The summed E-state index contributed by atoms with van der Waals surface area (Å²) < 4.78 is 14.7. The van der Waals surface area contributed by atoms with Gasteiger partial charge in [-0.05, 0) is 25.1 Å². The monoisotopic (exact) mass is 232 g/mol. The van der Waals surface area contributed by atoms with E-state index in [2.05, 4.69) is 5.10 Å². The summed E-state index contributed by atoms with van der Waals surface area (Å²) in [6.07, 6.45) is 0.237. The second-order valence-electron chi connectivity index (χ2n) is 4.01. The lowest BCUT2D eigenvalue weighted by molar-refractivity contribution is 0.0990. The average Bonchev–Trinajstić information content (AvgIpc) is 2.57. The summed E-state index contributed by atoms with van der Waals surface area (Å²) in [5.74, 6) is -0.496. The Labute approximate surface area is 98.9 Å². The zero-order chi connectivity index (χ0) is 12.4. The van der Waals surface area contributed by atoms with Crippen molar-refractivity contribution in [2.45, 2.75) is 13.3 Å². The topological polar surface area (TPSA) is 34.9 Å². The van der Waals surface area contributed by atoms with Crippen LogP contribution in [0.3, 0.4) is 0 Å². The molecule has 0 aliphatic carbocycles. The second-order valence-corrected chi connectivity index (χ2v) is 4.01. The second kappa shape index (κ2) is 4.49. The van der Waals surface area contributed by atoms with Gasteiger partial charge in [0.25, 0.3) is 0 Å². The van der Waals surface area contributed by atoms with E-state index in [-0.39, 0.29) is 12.2 Å². The molecule has 0 spiro atoms. The van der Waals surface area contributed by atoms with Crippen LogP contribution in [-0.2, 0) is 13.5 Å². The lowest BCUT2D eigenvalue weighted by atomic mass is 10.1. The summed E-state index contributed by atoms with van der Waals surface area (Å²) in [5.41, 5.74) is 2.09. The number of hydrogen-bond donors (Lipinski definition) is 0. The van der Waals surface area contributed by atoms with E-state index in [9.17, 15) is 9.18 Å². The molecule has 0 atom stereocenters. The van der Waals surface area contributed by atoms with Gasteiger partial charge in [0.2, 0.25) is 0 Å². The van der Waals surface area contributed by atoms with E-state index in [1.54, 1.807) is 17.8 Å². The molecule has 0 fully saturated rings. The van der Waals surface area contributed by atoms with Crippen molar-refractivity contribution in [1.29, 1.82) is 0 Å². The molecular weight excluding hydrogens is 219 g/mol. The maximum absolute atomic E-state index is 13.0. The smallest absolute Gasteiger partial charge is 0.168 e. The van der Waals surface area contributed by atoms with E-state index >= 15 is 0 Å². The first-order chi connectivity index (χ1) is 8.06. The highest BCUT2D eigenvalue weighted by atomic mass is 19.1. The Morgan fingerprint density at radius 2 is 2.18 bits per heavy atom. The Kier molecular flexibility index (Phi) is 3.04. The Bertz CT molecular complexity index is 560. The van der Waals surface area contributed by atoms with Gasteiger partial charge in [-0.1, -0.05) is 12.1 Å². The van der Waals surface area contributed by atoms with Crippen LogP contribution in [0.1, 0.15) is 21.7 Å². The number of hydrogen-bond acceptors (Lipinski definition) is 2. The van der Waals surface area contributed by atoms with E-state index in [0.29, 0.717) is 5.56 Å². The van der Waals surface area contributed by atoms with Gasteiger partial charge < -0.3 is 0 Å². The van der Waals surface area contributed by atoms with E-state index < -0.39 is 5.82 Å². The van der Waals surface area contributed by atoms with Gasteiger partial charge >= 0.3 is 0 Å². The summed E-state index contributed by atoms with van der Waals surface area (Å²) in [4.78, 5) is 11.9. The maximum atomic E-state index is 13.0. The normalized spacial score (nSPS) is 10.5. The van der Waals surface area contributed by atoms with Crippen molar-refractivity contribution in [2.75, 3.05) is 0 Å². The van der Waals surface area contributed by atoms with Crippen molar-refractivity contribution in [3.8, 4) is 0 Å². The zero-order valence-corrected chi connectivity index (χ0v) is 9.77. The Hall–Kier alpha value is -1.97. The first-order valence-corrected chi connectivity index (χ1v) is 5.34. The first kappa shape index (κ1) is 11.5. The number of carbonyl (C=O) groups excluding carboxylic acids is 1. The highest BCUT2D eigenvalue weighted by Gasteiger charge is 2.11. The molecule has 1 heterocycles. The van der Waals surface area contributed by atoms with E-state index in [0.717, 1.165) is 11.4 Å². The first-order valence-electron chi connectivity index (χ1n) is 5.34. The van der Waals surface area contributed by atoms with Crippen LogP contribution in [0.4, 0.5) is 4.39 Å². The van der Waals surface area contributed by atoms with E-state index in [1.807, 2.05) is 13.0 Å².